The van der Waals surface area contributed by atoms with Crippen molar-refractivity contribution in [1.82, 2.24) is 4.98 Å². The van der Waals surface area contributed by atoms with Gasteiger partial charge in [-0.15, -0.1) is 0 Å². The van der Waals surface area contributed by atoms with Crippen molar-refractivity contribution in [3.05, 3.63) is 35.4 Å². The van der Waals surface area contributed by atoms with Gasteiger partial charge in [0.15, 0.2) is 5.58 Å². The van der Waals surface area contributed by atoms with Gasteiger partial charge in [0.05, 0.1) is 0 Å². The summed E-state index contributed by atoms with van der Waals surface area (Å²) in [4.78, 5) is 4.20. The number of aromatic nitrogens is 1. The van der Waals surface area contributed by atoms with Gasteiger partial charge in [-0.25, -0.2) is 4.98 Å². The van der Waals surface area contributed by atoms with Gasteiger partial charge in [0.1, 0.15) is 5.52 Å². The second-order valence-electron chi connectivity index (χ2n) is 3.22. The van der Waals surface area contributed by atoms with E-state index in [9.17, 15) is 8.78 Å². The van der Waals surface area contributed by atoms with Crippen LogP contribution in [-0.2, 0) is 0 Å². The molecule has 90 valence electrons. The number of thioether (sulfide) groups is 1. The molecule has 2 rings (SSSR count). The molecule has 0 saturated carbocycles. The maximum absolute atomic E-state index is 11.8. The van der Waals surface area contributed by atoms with E-state index in [1.807, 2.05) is 0 Å². The predicted molar refractivity (Wildman–Crippen MR) is 64.7 cm³/mol. The average Bonchev–Trinajstić information content (AvgIpc) is 2.66. The van der Waals surface area contributed by atoms with Crippen LogP contribution in [0.25, 0.3) is 11.1 Å². The van der Waals surface area contributed by atoms with Crippen LogP contribution < -0.4 is 0 Å². The maximum atomic E-state index is 11.8. The molecule has 0 spiro atoms. The Morgan fingerprint density at radius 2 is 2.29 bits per heavy atom. The van der Waals surface area contributed by atoms with Gasteiger partial charge in [-0.1, -0.05) is 23.4 Å². The van der Waals surface area contributed by atoms with Crippen molar-refractivity contribution in [3.8, 4) is 0 Å². The Balaban J connectivity index is 2.02. The first kappa shape index (κ1) is 12.4. The van der Waals surface area contributed by atoms with E-state index >= 15 is 0 Å². The smallest absolute Gasteiger partial charge is 0.266 e. The quantitative estimate of drug-likeness (QED) is 0.595. The van der Waals surface area contributed by atoms with Crippen LogP contribution in [0, 0.1) is 0 Å². The Kier molecular flexibility index (Phi) is 4.02. The molecule has 0 fully saturated rings. The summed E-state index contributed by atoms with van der Waals surface area (Å²) in [5, 5.41) is 1.04. The zero-order chi connectivity index (χ0) is 12.3. The zero-order valence-corrected chi connectivity index (χ0v) is 10.2. The van der Waals surface area contributed by atoms with E-state index in [2.05, 4.69) is 4.98 Å². The van der Waals surface area contributed by atoms with E-state index in [1.165, 1.54) is 11.8 Å². The molecule has 17 heavy (non-hydrogen) atoms. The van der Waals surface area contributed by atoms with E-state index in [1.54, 1.807) is 18.2 Å². The van der Waals surface area contributed by atoms with Crippen LogP contribution in [0.5, 0.6) is 0 Å². The Bertz CT molecular complexity index is 551. The van der Waals surface area contributed by atoms with Crippen molar-refractivity contribution >= 4 is 34.5 Å². The van der Waals surface area contributed by atoms with Gasteiger partial charge in [0.2, 0.25) is 0 Å². The highest BCUT2D eigenvalue weighted by Gasteiger charge is 2.06. The molecule has 0 unspecified atom stereocenters. The van der Waals surface area contributed by atoms with Crippen LogP contribution in [0.4, 0.5) is 8.78 Å². The lowest BCUT2D eigenvalue weighted by Crippen LogP contribution is -1.76. The zero-order valence-electron chi connectivity index (χ0n) is 8.62. The number of rotatable bonds is 4. The molecule has 1 aromatic carbocycles. The van der Waals surface area contributed by atoms with E-state index in [0.29, 0.717) is 27.1 Å². The fraction of sp³-hybridized carbons (Fsp3) is 0.182. The number of oxazole rings is 1. The van der Waals surface area contributed by atoms with E-state index in [0.717, 1.165) is 6.08 Å². The highest BCUT2D eigenvalue weighted by Crippen LogP contribution is 2.26. The normalized spacial score (nSPS) is 10.8. The highest BCUT2D eigenvalue weighted by molar-refractivity contribution is 7.99. The third kappa shape index (κ3) is 3.44. The highest BCUT2D eigenvalue weighted by atomic mass is 35.5. The minimum Gasteiger partial charge on any atom is -0.431 e. The summed E-state index contributed by atoms with van der Waals surface area (Å²) in [5.74, 6) is 0.498. The lowest BCUT2D eigenvalue weighted by molar-refractivity contribution is 0.418. The molecule has 1 aromatic heterocycles. The van der Waals surface area contributed by atoms with Crippen molar-refractivity contribution < 1.29 is 13.2 Å². The summed E-state index contributed by atoms with van der Waals surface area (Å²) in [6.07, 6.45) is -0.492. The molecule has 0 atom stereocenters. The van der Waals surface area contributed by atoms with E-state index in [4.69, 9.17) is 16.0 Å². The summed E-state index contributed by atoms with van der Waals surface area (Å²) in [6, 6.07) is 5.16. The van der Waals surface area contributed by atoms with Gasteiger partial charge in [0, 0.05) is 16.8 Å². The second kappa shape index (κ2) is 5.51. The molecule has 6 heteroatoms. The van der Waals surface area contributed by atoms with Crippen molar-refractivity contribution in [2.24, 2.45) is 0 Å². The molecular weight excluding hydrogens is 268 g/mol. The number of benzene rings is 1. The summed E-state index contributed by atoms with van der Waals surface area (Å²) in [5.41, 5.74) is 1.32. The van der Waals surface area contributed by atoms with Crippen LogP contribution >= 0.6 is 23.4 Å². The molecule has 0 aliphatic rings. The van der Waals surface area contributed by atoms with Gasteiger partial charge >= 0.3 is 0 Å². The van der Waals surface area contributed by atoms with Crippen LogP contribution in [0.3, 0.4) is 0 Å². The van der Waals surface area contributed by atoms with Gasteiger partial charge < -0.3 is 4.42 Å². The molecule has 2 nitrogen and oxygen atoms in total. The first-order valence-electron chi connectivity index (χ1n) is 4.85. The lowest BCUT2D eigenvalue weighted by atomic mass is 10.3. The molecule has 0 bridgehead atoms. The number of allylic oxidation sites excluding steroid dienone is 1. The summed E-state index contributed by atoms with van der Waals surface area (Å²) >= 11 is 7.10. The van der Waals surface area contributed by atoms with Gasteiger partial charge in [-0.3, -0.25) is 0 Å². The Morgan fingerprint density at radius 1 is 1.47 bits per heavy atom. The summed E-state index contributed by atoms with van der Waals surface area (Å²) < 4.78 is 29.0. The first-order valence-corrected chi connectivity index (χ1v) is 6.21. The van der Waals surface area contributed by atoms with E-state index < -0.39 is 6.08 Å². The van der Waals surface area contributed by atoms with Crippen LogP contribution in [0.2, 0.25) is 5.02 Å². The molecule has 0 amide bonds. The predicted octanol–water partition coefficient (Wildman–Crippen LogP) is 4.74. The van der Waals surface area contributed by atoms with Crippen LogP contribution in [-0.4, -0.2) is 10.7 Å². The van der Waals surface area contributed by atoms with Crippen molar-refractivity contribution in [1.29, 1.82) is 0 Å². The number of hydrogen-bond acceptors (Lipinski definition) is 3. The number of nitrogens with zero attached hydrogens (tertiary/aromatic N) is 1. The molecular formula is C11H8ClF2NOS. The molecule has 0 N–H and O–H groups in total. The van der Waals surface area contributed by atoms with Crippen LogP contribution in [0.15, 0.2) is 40.0 Å². The maximum Gasteiger partial charge on any atom is 0.266 e. The summed E-state index contributed by atoms with van der Waals surface area (Å²) in [7, 11) is 0. The third-order valence-corrected chi connectivity index (χ3v) is 3.07. The number of halogens is 3. The average molecular weight is 276 g/mol. The molecule has 0 radical (unpaired) electrons. The monoisotopic (exact) mass is 275 g/mol. The Labute approximate surface area is 106 Å². The fourth-order valence-corrected chi connectivity index (χ4v) is 2.14. The van der Waals surface area contributed by atoms with Crippen molar-refractivity contribution in [2.75, 3.05) is 5.75 Å². The minimum absolute atomic E-state index is 0.284. The van der Waals surface area contributed by atoms with Gasteiger partial charge in [-0.2, -0.15) is 8.78 Å². The summed E-state index contributed by atoms with van der Waals surface area (Å²) in [6.45, 7) is 0. The van der Waals surface area contributed by atoms with Crippen LogP contribution in [0.1, 0.15) is 6.42 Å². The largest absolute Gasteiger partial charge is 0.431 e. The third-order valence-electron chi connectivity index (χ3n) is 1.97. The van der Waals surface area contributed by atoms with Gasteiger partial charge in [0.25, 0.3) is 11.3 Å². The Morgan fingerprint density at radius 3 is 3.06 bits per heavy atom. The van der Waals surface area contributed by atoms with Gasteiger partial charge in [-0.05, 0) is 24.6 Å². The topological polar surface area (TPSA) is 26.0 Å². The lowest BCUT2D eigenvalue weighted by Gasteiger charge is -1.90. The number of hydrogen-bond donors (Lipinski definition) is 0. The molecule has 1 heterocycles. The molecule has 0 aliphatic heterocycles. The minimum atomic E-state index is -1.66. The second-order valence-corrected chi connectivity index (χ2v) is 4.71. The molecule has 0 aliphatic carbocycles. The molecule has 2 aromatic rings. The number of fused-ring (bicyclic) bond motifs is 1. The van der Waals surface area contributed by atoms with Crippen molar-refractivity contribution in [2.45, 2.75) is 11.6 Å². The standard InChI is InChI=1S/C11H8ClF2NOS/c12-7-3-4-8-9(6-7)16-11(15-8)17-5-1-2-10(13)14/h2-4,6H,1,5H2. The molecule has 0 saturated heterocycles. The Hall–Kier alpha value is -1.07. The fourth-order valence-electron chi connectivity index (χ4n) is 1.25. The SMILES string of the molecule is FC(F)=CCCSc1nc2ccc(Cl)cc2o1. The van der Waals surface area contributed by atoms with Crippen molar-refractivity contribution in [3.63, 3.8) is 0 Å². The first-order chi connectivity index (χ1) is 8.15. The van der Waals surface area contributed by atoms with E-state index in [-0.39, 0.29) is 6.42 Å².